The average Bonchev–Trinajstić information content (AvgIpc) is 2.36. The fourth-order valence-corrected chi connectivity index (χ4v) is 1.17. The van der Waals surface area contributed by atoms with Gasteiger partial charge in [0, 0.05) is 20.3 Å². The summed E-state index contributed by atoms with van der Waals surface area (Å²) in [6.45, 7) is 5.89. The Morgan fingerprint density at radius 2 is 1.94 bits per heavy atom. The van der Waals surface area contributed by atoms with Crippen molar-refractivity contribution in [3.8, 4) is 6.07 Å². The summed E-state index contributed by atoms with van der Waals surface area (Å²) in [5.41, 5.74) is 0. The number of methoxy groups -OCH3 is 1. The molecule has 1 N–H and O–H groups in total. The van der Waals surface area contributed by atoms with Crippen LogP contribution in [0.4, 0.5) is 0 Å². The second kappa shape index (κ2) is 13.4. The minimum atomic E-state index is -0.204. The first-order valence-corrected chi connectivity index (χ1v) is 6.12. The van der Waals surface area contributed by atoms with E-state index in [4.69, 9.17) is 19.5 Å². The largest absolute Gasteiger partial charge is 0.382 e. The van der Waals surface area contributed by atoms with Crippen molar-refractivity contribution in [2.45, 2.75) is 25.8 Å². The Morgan fingerprint density at radius 3 is 2.59 bits per heavy atom. The molecule has 0 aromatic heterocycles. The van der Waals surface area contributed by atoms with Crippen molar-refractivity contribution in [1.29, 1.82) is 5.26 Å². The summed E-state index contributed by atoms with van der Waals surface area (Å²) in [4.78, 5) is 0. The van der Waals surface area contributed by atoms with Gasteiger partial charge in [0.25, 0.3) is 0 Å². The zero-order valence-electron chi connectivity index (χ0n) is 10.9. The standard InChI is InChI=1S/C12H24N2O3/c1-3-5-14-12(10-13)11-17-7-4-6-16-9-8-15-2/h12,14H,3-9,11H2,1-2H3. The van der Waals surface area contributed by atoms with Gasteiger partial charge in [0.2, 0.25) is 0 Å². The van der Waals surface area contributed by atoms with Gasteiger partial charge in [-0.15, -0.1) is 0 Å². The molecule has 0 aliphatic carbocycles. The highest BCUT2D eigenvalue weighted by molar-refractivity contribution is 4.89. The summed E-state index contributed by atoms with van der Waals surface area (Å²) in [6, 6.07) is 1.97. The summed E-state index contributed by atoms with van der Waals surface area (Å²) < 4.78 is 15.5. The van der Waals surface area contributed by atoms with Crippen molar-refractivity contribution in [3.05, 3.63) is 0 Å². The van der Waals surface area contributed by atoms with Crippen molar-refractivity contribution < 1.29 is 14.2 Å². The normalized spacial score (nSPS) is 12.3. The van der Waals surface area contributed by atoms with E-state index in [2.05, 4.69) is 18.3 Å². The molecule has 5 heteroatoms. The maximum Gasteiger partial charge on any atom is 0.119 e. The van der Waals surface area contributed by atoms with Crippen molar-refractivity contribution in [3.63, 3.8) is 0 Å². The number of nitriles is 1. The number of ether oxygens (including phenoxy) is 3. The molecule has 0 heterocycles. The molecular weight excluding hydrogens is 220 g/mol. The van der Waals surface area contributed by atoms with E-state index in [1.807, 2.05) is 0 Å². The second-order valence-electron chi connectivity index (χ2n) is 3.67. The zero-order chi connectivity index (χ0) is 12.8. The predicted octanol–water partition coefficient (Wildman–Crippen LogP) is 0.948. The van der Waals surface area contributed by atoms with Crippen LogP contribution in [0.2, 0.25) is 0 Å². The van der Waals surface area contributed by atoms with Gasteiger partial charge in [-0.25, -0.2) is 0 Å². The van der Waals surface area contributed by atoms with Crippen LogP contribution in [0.5, 0.6) is 0 Å². The van der Waals surface area contributed by atoms with E-state index in [1.165, 1.54) is 0 Å². The molecule has 1 atom stereocenters. The third-order valence-corrected chi connectivity index (χ3v) is 2.09. The maximum absolute atomic E-state index is 8.82. The molecule has 0 rings (SSSR count). The quantitative estimate of drug-likeness (QED) is 0.518. The van der Waals surface area contributed by atoms with Crippen molar-refractivity contribution in [2.24, 2.45) is 0 Å². The SMILES string of the molecule is CCCNC(C#N)COCCCOCCOC. The summed E-state index contributed by atoms with van der Waals surface area (Å²) in [7, 11) is 1.65. The predicted molar refractivity (Wildman–Crippen MR) is 65.8 cm³/mol. The van der Waals surface area contributed by atoms with Gasteiger partial charge < -0.3 is 19.5 Å². The first-order chi connectivity index (χ1) is 8.35. The van der Waals surface area contributed by atoms with E-state index in [0.29, 0.717) is 33.0 Å². The van der Waals surface area contributed by atoms with E-state index < -0.39 is 0 Å². The number of nitrogens with one attached hydrogen (secondary N) is 1. The maximum atomic E-state index is 8.82. The molecule has 0 aliphatic heterocycles. The molecule has 17 heavy (non-hydrogen) atoms. The summed E-state index contributed by atoms with van der Waals surface area (Å²) in [5, 5.41) is 11.9. The molecule has 0 fully saturated rings. The fourth-order valence-electron chi connectivity index (χ4n) is 1.17. The van der Waals surface area contributed by atoms with E-state index in [1.54, 1.807) is 7.11 Å². The number of hydrogen-bond acceptors (Lipinski definition) is 5. The van der Waals surface area contributed by atoms with Gasteiger partial charge in [-0.3, -0.25) is 0 Å². The van der Waals surface area contributed by atoms with Crippen LogP contribution < -0.4 is 5.32 Å². The Bertz CT molecular complexity index is 195. The van der Waals surface area contributed by atoms with Crippen molar-refractivity contribution in [1.82, 2.24) is 5.32 Å². The molecule has 0 radical (unpaired) electrons. The van der Waals surface area contributed by atoms with Crippen LogP contribution >= 0.6 is 0 Å². The lowest BCUT2D eigenvalue weighted by molar-refractivity contribution is 0.0497. The third-order valence-electron chi connectivity index (χ3n) is 2.09. The molecule has 0 aromatic rings. The van der Waals surface area contributed by atoms with Gasteiger partial charge >= 0.3 is 0 Å². The molecule has 1 unspecified atom stereocenters. The second-order valence-corrected chi connectivity index (χ2v) is 3.67. The first kappa shape index (κ1) is 16.3. The Morgan fingerprint density at radius 1 is 1.18 bits per heavy atom. The lowest BCUT2D eigenvalue weighted by Crippen LogP contribution is -2.32. The van der Waals surface area contributed by atoms with Crippen LogP contribution in [0.3, 0.4) is 0 Å². The lowest BCUT2D eigenvalue weighted by Gasteiger charge is -2.11. The number of rotatable bonds is 12. The van der Waals surface area contributed by atoms with Crippen LogP contribution in [0.15, 0.2) is 0 Å². The van der Waals surface area contributed by atoms with Gasteiger partial charge in [0.1, 0.15) is 6.04 Å². The Kier molecular flexibility index (Phi) is 12.9. The van der Waals surface area contributed by atoms with Gasteiger partial charge in [-0.1, -0.05) is 6.92 Å². The first-order valence-electron chi connectivity index (χ1n) is 6.12. The monoisotopic (exact) mass is 244 g/mol. The Balaban J connectivity index is 3.22. The Labute approximate surface area is 104 Å². The smallest absolute Gasteiger partial charge is 0.119 e. The lowest BCUT2D eigenvalue weighted by atomic mass is 10.3. The number of hydrogen-bond donors (Lipinski definition) is 1. The fraction of sp³-hybridized carbons (Fsp3) is 0.917. The summed E-state index contributed by atoms with van der Waals surface area (Å²) in [5.74, 6) is 0. The highest BCUT2D eigenvalue weighted by Crippen LogP contribution is 1.89. The van der Waals surface area contributed by atoms with E-state index in [9.17, 15) is 0 Å². The molecule has 0 amide bonds. The highest BCUT2D eigenvalue weighted by atomic mass is 16.5. The van der Waals surface area contributed by atoms with Crippen LogP contribution in [-0.4, -0.2) is 52.7 Å². The Hall–Kier alpha value is -0.670. The third kappa shape index (κ3) is 11.6. The zero-order valence-corrected chi connectivity index (χ0v) is 10.9. The minimum absolute atomic E-state index is 0.204. The van der Waals surface area contributed by atoms with Gasteiger partial charge in [-0.2, -0.15) is 5.26 Å². The van der Waals surface area contributed by atoms with Crippen LogP contribution in [0, 0.1) is 11.3 Å². The van der Waals surface area contributed by atoms with Gasteiger partial charge in [-0.05, 0) is 19.4 Å². The summed E-state index contributed by atoms with van der Waals surface area (Å²) in [6.07, 6.45) is 1.86. The summed E-state index contributed by atoms with van der Waals surface area (Å²) >= 11 is 0. The molecule has 0 aliphatic rings. The molecule has 100 valence electrons. The minimum Gasteiger partial charge on any atom is -0.382 e. The molecular formula is C12H24N2O3. The van der Waals surface area contributed by atoms with Gasteiger partial charge in [0.15, 0.2) is 0 Å². The van der Waals surface area contributed by atoms with Crippen molar-refractivity contribution in [2.75, 3.05) is 46.7 Å². The molecule has 0 saturated heterocycles. The number of nitrogens with zero attached hydrogens (tertiary/aromatic N) is 1. The van der Waals surface area contributed by atoms with Crippen LogP contribution in [-0.2, 0) is 14.2 Å². The molecule has 5 nitrogen and oxygen atoms in total. The van der Waals surface area contributed by atoms with Crippen molar-refractivity contribution >= 4 is 0 Å². The topological polar surface area (TPSA) is 63.5 Å². The molecule has 0 aromatic carbocycles. The van der Waals surface area contributed by atoms with E-state index >= 15 is 0 Å². The van der Waals surface area contributed by atoms with Gasteiger partial charge in [0.05, 0.1) is 25.9 Å². The average molecular weight is 244 g/mol. The van der Waals surface area contributed by atoms with Crippen LogP contribution in [0.1, 0.15) is 19.8 Å². The molecule has 0 saturated carbocycles. The van der Waals surface area contributed by atoms with E-state index in [-0.39, 0.29) is 6.04 Å². The van der Waals surface area contributed by atoms with Crippen LogP contribution in [0.25, 0.3) is 0 Å². The highest BCUT2D eigenvalue weighted by Gasteiger charge is 2.04. The molecule has 0 spiro atoms. The van der Waals surface area contributed by atoms with E-state index in [0.717, 1.165) is 19.4 Å². The molecule has 0 bridgehead atoms.